The molecule has 8 heteroatoms. The summed E-state index contributed by atoms with van der Waals surface area (Å²) in [5, 5.41) is 3.26. The number of benzene rings is 1. The molecule has 0 heterocycles. The number of nitrogens with one attached hydrogen (secondary N) is 1. The lowest BCUT2D eigenvalue weighted by Gasteiger charge is -2.13. The van der Waals surface area contributed by atoms with Gasteiger partial charge in [-0.3, -0.25) is 0 Å². The summed E-state index contributed by atoms with van der Waals surface area (Å²) in [7, 11) is 0. The highest BCUT2D eigenvalue weighted by Crippen LogP contribution is 2.34. The van der Waals surface area contributed by atoms with Crippen molar-refractivity contribution in [3.8, 4) is 5.75 Å². The van der Waals surface area contributed by atoms with Gasteiger partial charge in [-0.1, -0.05) is 6.92 Å². The van der Waals surface area contributed by atoms with Crippen LogP contribution < -0.4 is 10.1 Å². The van der Waals surface area contributed by atoms with Gasteiger partial charge in [-0.2, -0.15) is 13.2 Å². The standard InChI is InChI=1S/C13H16Br2F3NO2/c1-2-3-19-6-9-4-10(14)12(11(15)5-9)21-8-20-7-13(16,17)18/h4-5,19H,2-3,6-8H2,1H3. The van der Waals surface area contributed by atoms with Gasteiger partial charge >= 0.3 is 6.18 Å². The van der Waals surface area contributed by atoms with E-state index in [0.717, 1.165) is 18.5 Å². The van der Waals surface area contributed by atoms with E-state index in [1.54, 1.807) is 0 Å². The van der Waals surface area contributed by atoms with Crippen LogP contribution in [0.2, 0.25) is 0 Å². The summed E-state index contributed by atoms with van der Waals surface area (Å²) in [6, 6.07) is 3.71. The van der Waals surface area contributed by atoms with E-state index in [2.05, 4.69) is 48.8 Å². The Morgan fingerprint density at radius 3 is 2.33 bits per heavy atom. The lowest BCUT2D eigenvalue weighted by Crippen LogP contribution is -2.19. The lowest BCUT2D eigenvalue weighted by molar-refractivity contribution is -0.186. The maximum atomic E-state index is 11.9. The Morgan fingerprint density at radius 2 is 1.81 bits per heavy atom. The quantitative estimate of drug-likeness (QED) is 0.478. The van der Waals surface area contributed by atoms with Crippen molar-refractivity contribution in [2.75, 3.05) is 19.9 Å². The van der Waals surface area contributed by atoms with Crippen molar-refractivity contribution in [1.82, 2.24) is 5.32 Å². The molecule has 21 heavy (non-hydrogen) atoms. The summed E-state index contributed by atoms with van der Waals surface area (Å²) in [4.78, 5) is 0. The minimum Gasteiger partial charge on any atom is -0.465 e. The number of hydrogen-bond donors (Lipinski definition) is 1. The van der Waals surface area contributed by atoms with E-state index >= 15 is 0 Å². The Balaban J connectivity index is 2.55. The summed E-state index contributed by atoms with van der Waals surface area (Å²) in [6.45, 7) is 1.90. The highest BCUT2D eigenvalue weighted by atomic mass is 79.9. The van der Waals surface area contributed by atoms with Crippen LogP contribution in [0.15, 0.2) is 21.1 Å². The summed E-state index contributed by atoms with van der Waals surface area (Å²) < 4.78 is 46.7. The lowest BCUT2D eigenvalue weighted by atomic mass is 10.2. The zero-order valence-electron chi connectivity index (χ0n) is 11.4. The van der Waals surface area contributed by atoms with Crippen LogP contribution in [0.3, 0.4) is 0 Å². The van der Waals surface area contributed by atoms with Crippen molar-refractivity contribution in [1.29, 1.82) is 0 Å². The van der Waals surface area contributed by atoms with E-state index < -0.39 is 19.6 Å². The van der Waals surface area contributed by atoms with Crippen molar-refractivity contribution in [2.45, 2.75) is 26.1 Å². The van der Waals surface area contributed by atoms with Crippen molar-refractivity contribution < 1.29 is 22.6 Å². The zero-order chi connectivity index (χ0) is 15.9. The van der Waals surface area contributed by atoms with Crippen LogP contribution in [0.1, 0.15) is 18.9 Å². The fourth-order valence-electron chi connectivity index (χ4n) is 1.52. The molecule has 1 rings (SSSR count). The van der Waals surface area contributed by atoms with Gasteiger partial charge in [-0.15, -0.1) is 0 Å². The molecule has 0 aliphatic heterocycles. The molecule has 0 bridgehead atoms. The van der Waals surface area contributed by atoms with Crippen molar-refractivity contribution in [3.05, 3.63) is 26.6 Å². The Hall–Kier alpha value is -0.310. The van der Waals surface area contributed by atoms with Crippen LogP contribution >= 0.6 is 31.9 Å². The largest absolute Gasteiger partial charge is 0.465 e. The molecule has 0 unspecified atom stereocenters. The molecule has 1 aromatic carbocycles. The van der Waals surface area contributed by atoms with Gasteiger partial charge in [0.25, 0.3) is 0 Å². The Morgan fingerprint density at radius 1 is 1.19 bits per heavy atom. The Kier molecular flexibility index (Phi) is 8.00. The van der Waals surface area contributed by atoms with Crippen LogP contribution in [0.4, 0.5) is 13.2 Å². The third-order valence-corrected chi connectivity index (χ3v) is 3.54. The molecule has 0 aromatic heterocycles. The average Bonchev–Trinajstić information content (AvgIpc) is 2.36. The van der Waals surface area contributed by atoms with E-state index in [-0.39, 0.29) is 0 Å². The fraction of sp³-hybridized carbons (Fsp3) is 0.538. The molecule has 0 fully saturated rings. The van der Waals surface area contributed by atoms with Crippen molar-refractivity contribution >= 4 is 31.9 Å². The van der Waals surface area contributed by atoms with E-state index in [0.29, 0.717) is 21.2 Å². The van der Waals surface area contributed by atoms with Crippen LogP contribution in [-0.2, 0) is 11.3 Å². The SMILES string of the molecule is CCCNCc1cc(Br)c(OCOCC(F)(F)F)c(Br)c1. The van der Waals surface area contributed by atoms with Crippen LogP contribution in [-0.4, -0.2) is 26.1 Å². The van der Waals surface area contributed by atoms with Gasteiger partial charge in [0, 0.05) is 6.54 Å². The first-order chi connectivity index (χ1) is 9.83. The molecular weight excluding hydrogens is 419 g/mol. The molecule has 0 atom stereocenters. The molecule has 0 spiro atoms. The van der Waals surface area contributed by atoms with E-state index in [4.69, 9.17) is 4.74 Å². The second kappa shape index (κ2) is 8.97. The molecule has 0 radical (unpaired) electrons. The van der Waals surface area contributed by atoms with Gasteiger partial charge in [-0.25, -0.2) is 0 Å². The van der Waals surface area contributed by atoms with E-state index in [1.165, 1.54) is 0 Å². The number of alkyl halides is 3. The molecule has 0 amide bonds. The molecule has 120 valence electrons. The number of halogens is 5. The minimum atomic E-state index is -4.35. The first kappa shape index (κ1) is 18.7. The smallest absolute Gasteiger partial charge is 0.411 e. The molecule has 0 aliphatic rings. The maximum Gasteiger partial charge on any atom is 0.411 e. The van der Waals surface area contributed by atoms with Gasteiger partial charge in [0.05, 0.1) is 8.95 Å². The molecule has 0 saturated heterocycles. The molecular formula is C13H16Br2F3NO2. The normalized spacial score (nSPS) is 11.7. The van der Waals surface area contributed by atoms with E-state index in [9.17, 15) is 13.2 Å². The second-order valence-electron chi connectivity index (χ2n) is 4.29. The molecule has 0 aliphatic carbocycles. The molecule has 0 saturated carbocycles. The van der Waals surface area contributed by atoms with Crippen LogP contribution in [0.5, 0.6) is 5.75 Å². The molecule has 1 aromatic rings. The summed E-state index contributed by atoms with van der Waals surface area (Å²) in [5.41, 5.74) is 1.03. The Bertz CT molecular complexity index is 433. The Labute approximate surface area is 138 Å². The highest BCUT2D eigenvalue weighted by Gasteiger charge is 2.27. The number of hydrogen-bond acceptors (Lipinski definition) is 3. The monoisotopic (exact) mass is 433 g/mol. The molecule has 3 nitrogen and oxygen atoms in total. The van der Waals surface area contributed by atoms with Crippen LogP contribution in [0.25, 0.3) is 0 Å². The predicted octanol–water partition coefficient (Wildman–Crippen LogP) is 4.63. The summed E-state index contributed by atoms with van der Waals surface area (Å²) >= 11 is 6.68. The van der Waals surface area contributed by atoms with Crippen molar-refractivity contribution in [3.63, 3.8) is 0 Å². The predicted molar refractivity (Wildman–Crippen MR) is 81.3 cm³/mol. The fourth-order valence-corrected chi connectivity index (χ4v) is 3.03. The van der Waals surface area contributed by atoms with Gasteiger partial charge < -0.3 is 14.8 Å². The third-order valence-electron chi connectivity index (χ3n) is 2.37. The summed E-state index contributed by atoms with van der Waals surface area (Å²) in [6.07, 6.45) is -3.31. The number of rotatable bonds is 8. The first-order valence-electron chi connectivity index (χ1n) is 6.29. The minimum absolute atomic E-state index is 0.413. The zero-order valence-corrected chi connectivity index (χ0v) is 14.6. The number of ether oxygens (including phenoxy) is 2. The molecule has 1 N–H and O–H groups in total. The van der Waals surface area contributed by atoms with Crippen LogP contribution in [0, 0.1) is 0 Å². The highest BCUT2D eigenvalue weighted by molar-refractivity contribution is 9.11. The first-order valence-corrected chi connectivity index (χ1v) is 7.88. The average molecular weight is 435 g/mol. The summed E-state index contributed by atoms with van der Waals surface area (Å²) in [5.74, 6) is 0.413. The van der Waals surface area contributed by atoms with Gasteiger partial charge in [0.15, 0.2) is 12.5 Å². The third kappa shape index (κ3) is 7.49. The second-order valence-corrected chi connectivity index (χ2v) is 6.00. The van der Waals surface area contributed by atoms with Gasteiger partial charge in [0.1, 0.15) is 6.61 Å². The van der Waals surface area contributed by atoms with Gasteiger partial charge in [-0.05, 0) is 62.5 Å². The van der Waals surface area contributed by atoms with Gasteiger partial charge in [0.2, 0.25) is 0 Å². The topological polar surface area (TPSA) is 30.5 Å². The maximum absolute atomic E-state index is 11.9. The van der Waals surface area contributed by atoms with E-state index in [1.807, 2.05) is 12.1 Å². The van der Waals surface area contributed by atoms with Crippen molar-refractivity contribution in [2.24, 2.45) is 0 Å².